The number of esters is 1. The summed E-state index contributed by atoms with van der Waals surface area (Å²) in [5.74, 6) is 0.344. The molecule has 0 aliphatic carbocycles. The lowest BCUT2D eigenvalue weighted by Gasteiger charge is -2.09. The molecular weight excluding hydrogens is 390 g/mol. The number of carbonyl (C=O) groups excluding carboxylic acids is 1. The predicted molar refractivity (Wildman–Crippen MR) is 120 cm³/mol. The summed E-state index contributed by atoms with van der Waals surface area (Å²) in [6.45, 7) is 0.690. The molecule has 5 aromatic rings. The van der Waals surface area contributed by atoms with Crippen molar-refractivity contribution in [3.8, 4) is 17.1 Å². The van der Waals surface area contributed by atoms with Crippen molar-refractivity contribution in [2.45, 2.75) is 13.0 Å². The van der Waals surface area contributed by atoms with Gasteiger partial charge in [0, 0.05) is 17.5 Å². The van der Waals surface area contributed by atoms with Crippen LogP contribution in [0.5, 0.6) is 5.75 Å². The first-order valence-corrected chi connectivity index (χ1v) is 10.1. The Bertz CT molecular complexity index is 1380. The molecule has 0 saturated carbocycles. The summed E-state index contributed by atoms with van der Waals surface area (Å²) in [6, 6.07) is 23.1. The molecule has 3 aromatic carbocycles. The maximum atomic E-state index is 12.5. The molecule has 0 radical (unpaired) electrons. The van der Waals surface area contributed by atoms with Gasteiger partial charge in [0.05, 0.1) is 35.4 Å². The Morgan fingerprint density at radius 3 is 2.55 bits per heavy atom. The van der Waals surface area contributed by atoms with Crippen LogP contribution in [0.15, 0.2) is 83.5 Å². The van der Waals surface area contributed by atoms with Gasteiger partial charge in [0.1, 0.15) is 11.5 Å². The minimum Gasteiger partial charge on any atom is -0.507 e. The molecule has 5 nitrogen and oxygen atoms in total. The highest BCUT2D eigenvalue weighted by molar-refractivity contribution is 6.19. The lowest BCUT2D eigenvalue weighted by atomic mass is 10.0. The molecule has 31 heavy (non-hydrogen) atoms. The van der Waals surface area contributed by atoms with Crippen molar-refractivity contribution in [1.29, 1.82) is 0 Å². The van der Waals surface area contributed by atoms with Gasteiger partial charge >= 0.3 is 5.97 Å². The zero-order chi connectivity index (χ0) is 21.4. The third kappa shape index (κ3) is 3.24. The summed E-state index contributed by atoms with van der Waals surface area (Å²) in [5, 5.41) is 12.4. The Balaban J connectivity index is 1.78. The number of fused-ring (bicyclic) bond motifs is 3. The van der Waals surface area contributed by atoms with Gasteiger partial charge in [0.25, 0.3) is 0 Å². The number of hydrogen-bond donors (Lipinski definition) is 1. The second-order valence-corrected chi connectivity index (χ2v) is 7.45. The average Bonchev–Trinajstić information content (AvgIpc) is 3.44. The minimum absolute atomic E-state index is 0.101. The number of ether oxygens (including phenoxy) is 1. The van der Waals surface area contributed by atoms with E-state index in [0.717, 1.165) is 23.0 Å². The topological polar surface area (TPSA) is 64.6 Å². The lowest BCUT2D eigenvalue weighted by Crippen LogP contribution is -2.03. The van der Waals surface area contributed by atoms with Gasteiger partial charge in [-0.2, -0.15) is 0 Å². The van der Waals surface area contributed by atoms with Gasteiger partial charge in [0.15, 0.2) is 0 Å². The van der Waals surface area contributed by atoms with E-state index in [9.17, 15) is 9.90 Å². The highest BCUT2D eigenvalue weighted by atomic mass is 16.5. The highest BCUT2D eigenvalue weighted by Gasteiger charge is 2.21. The molecule has 0 aliphatic heterocycles. The van der Waals surface area contributed by atoms with Crippen LogP contribution in [0, 0.1) is 0 Å². The summed E-state index contributed by atoms with van der Waals surface area (Å²) in [4.78, 5) is 12.5. The number of furan rings is 1. The fourth-order valence-electron chi connectivity index (χ4n) is 4.23. The second kappa shape index (κ2) is 7.69. The van der Waals surface area contributed by atoms with Crippen molar-refractivity contribution in [2.75, 3.05) is 7.11 Å². The van der Waals surface area contributed by atoms with E-state index < -0.39 is 5.97 Å². The summed E-state index contributed by atoms with van der Waals surface area (Å²) in [5.41, 5.74) is 4.14. The molecule has 0 unspecified atom stereocenters. The van der Waals surface area contributed by atoms with E-state index in [2.05, 4.69) is 16.7 Å². The van der Waals surface area contributed by atoms with Gasteiger partial charge in [-0.15, -0.1) is 0 Å². The van der Waals surface area contributed by atoms with Crippen LogP contribution in [0.25, 0.3) is 33.1 Å². The molecular formula is C26H21NO4. The van der Waals surface area contributed by atoms with Gasteiger partial charge in [-0.3, -0.25) is 0 Å². The summed E-state index contributed by atoms with van der Waals surface area (Å²) in [7, 11) is 1.37. The smallest absolute Gasteiger partial charge is 0.338 e. The van der Waals surface area contributed by atoms with Gasteiger partial charge in [-0.1, -0.05) is 36.4 Å². The SMILES string of the molecule is COC(=O)c1cccc2c1c1c(O)cc(-c3ccco3)cc1n2CCc1ccccc1. The first-order valence-electron chi connectivity index (χ1n) is 10.1. The van der Waals surface area contributed by atoms with Crippen LogP contribution in [0.3, 0.4) is 0 Å². The van der Waals surface area contributed by atoms with Crippen LogP contribution in [0.4, 0.5) is 0 Å². The summed E-state index contributed by atoms with van der Waals surface area (Å²) in [6.07, 6.45) is 2.42. The maximum absolute atomic E-state index is 12.5. The zero-order valence-corrected chi connectivity index (χ0v) is 17.0. The number of carbonyl (C=O) groups is 1. The molecule has 0 bridgehead atoms. The van der Waals surface area contributed by atoms with Crippen LogP contribution >= 0.6 is 0 Å². The largest absolute Gasteiger partial charge is 0.507 e. The van der Waals surface area contributed by atoms with E-state index >= 15 is 0 Å². The normalized spacial score (nSPS) is 11.3. The Labute approximate surface area is 179 Å². The molecule has 0 atom stereocenters. The molecule has 5 rings (SSSR count). The number of aromatic hydroxyl groups is 1. The Morgan fingerprint density at radius 1 is 0.968 bits per heavy atom. The fraction of sp³-hybridized carbons (Fsp3) is 0.115. The van der Waals surface area contributed by atoms with E-state index in [4.69, 9.17) is 9.15 Å². The molecule has 154 valence electrons. The van der Waals surface area contributed by atoms with Crippen molar-refractivity contribution in [3.63, 3.8) is 0 Å². The third-order valence-electron chi connectivity index (χ3n) is 5.65. The number of aromatic nitrogens is 1. The van der Waals surface area contributed by atoms with Gasteiger partial charge < -0.3 is 18.8 Å². The molecule has 0 saturated heterocycles. The number of benzene rings is 3. The standard InChI is InChI=1S/C26H21NO4/c1-30-26(29)19-9-5-10-20-24(19)25-21(27(20)13-12-17-7-3-2-4-8-17)15-18(16-22(25)28)23-11-6-14-31-23/h2-11,14-16,28H,12-13H2,1H3. The number of methoxy groups -OCH3 is 1. The average molecular weight is 411 g/mol. The summed E-state index contributed by atoms with van der Waals surface area (Å²) < 4.78 is 12.7. The van der Waals surface area contributed by atoms with Crippen LogP contribution < -0.4 is 0 Å². The molecule has 2 aromatic heterocycles. The van der Waals surface area contributed by atoms with E-state index in [0.29, 0.717) is 28.6 Å². The first kappa shape index (κ1) is 19.0. The van der Waals surface area contributed by atoms with E-state index in [1.165, 1.54) is 12.7 Å². The van der Waals surface area contributed by atoms with Crippen LogP contribution in [-0.4, -0.2) is 22.8 Å². The van der Waals surface area contributed by atoms with Crippen LogP contribution in [0.1, 0.15) is 15.9 Å². The highest BCUT2D eigenvalue weighted by Crippen LogP contribution is 2.40. The monoisotopic (exact) mass is 411 g/mol. The van der Waals surface area contributed by atoms with Crippen molar-refractivity contribution in [2.24, 2.45) is 0 Å². The number of hydrogen-bond acceptors (Lipinski definition) is 4. The van der Waals surface area contributed by atoms with Crippen molar-refractivity contribution in [1.82, 2.24) is 4.57 Å². The molecule has 1 N–H and O–H groups in total. The molecule has 2 heterocycles. The minimum atomic E-state index is -0.428. The number of nitrogens with zero attached hydrogens (tertiary/aromatic N) is 1. The van der Waals surface area contributed by atoms with Crippen LogP contribution in [-0.2, 0) is 17.7 Å². The second-order valence-electron chi connectivity index (χ2n) is 7.45. The quantitative estimate of drug-likeness (QED) is 0.372. The Hall–Kier alpha value is -3.99. The number of phenols is 1. The predicted octanol–water partition coefficient (Wildman–Crippen LogP) is 5.79. The first-order chi connectivity index (χ1) is 15.2. The Kier molecular flexibility index (Phi) is 4.71. The third-order valence-corrected chi connectivity index (χ3v) is 5.65. The Morgan fingerprint density at radius 2 is 1.81 bits per heavy atom. The summed E-state index contributed by atoms with van der Waals surface area (Å²) >= 11 is 0. The molecule has 0 aliphatic rings. The maximum Gasteiger partial charge on any atom is 0.338 e. The van der Waals surface area contributed by atoms with Crippen LogP contribution in [0.2, 0.25) is 0 Å². The molecule has 0 amide bonds. The number of rotatable bonds is 5. The fourth-order valence-corrected chi connectivity index (χ4v) is 4.23. The molecule has 5 heteroatoms. The number of aryl methyl sites for hydroxylation is 2. The van der Waals surface area contributed by atoms with Gasteiger partial charge in [0.2, 0.25) is 0 Å². The van der Waals surface area contributed by atoms with Crippen molar-refractivity contribution in [3.05, 3.63) is 90.2 Å². The number of phenolic OH excluding ortho intramolecular Hbond substituents is 1. The lowest BCUT2D eigenvalue weighted by molar-refractivity contribution is 0.0603. The molecule has 0 fully saturated rings. The zero-order valence-electron chi connectivity index (χ0n) is 17.0. The van der Waals surface area contributed by atoms with Crippen molar-refractivity contribution >= 4 is 27.8 Å². The van der Waals surface area contributed by atoms with E-state index in [1.807, 2.05) is 48.5 Å². The van der Waals surface area contributed by atoms with Crippen molar-refractivity contribution < 1.29 is 19.1 Å². The van der Waals surface area contributed by atoms with E-state index in [1.54, 1.807) is 18.4 Å². The van der Waals surface area contributed by atoms with Gasteiger partial charge in [-0.05, 0) is 48.4 Å². The molecule has 0 spiro atoms. The van der Waals surface area contributed by atoms with E-state index in [-0.39, 0.29) is 5.75 Å². The van der Waals surface area contributed by atoms with Gasteiger partial charge in [-0.25, -0.2) is 4.79 Å².